The van der Waals surface area contributed by atoms with Gasteiger partial charge in [0, 0.05) is 0 Å². The molecule has 24 valence electrons. The van der Waals surface area contributed by atoms with Gasteiger partial charge in [0.2, 0.25) is 0 Å². The minimum Gasteiger partial charge on any atom is -0.483 e. The molecule has 0 bridgehead atoms. The summed E-state index contributed by atoms with van der Waals surface area (Å²) < 4.78 is 0. The molecule has 0 aromatic rings. The van der Waals surface area contributed by atoms with Crippen molar-refractivity contribution in [3.63, 3.8) is 0 Å². The zero-order valence-corrected chi connectivity index (χ0v) is 1.43. The van der Waals surface area contributed by atoms with Crippen molar-refractivity contribution >= 4 is 23.8 Å². The van der Waals surface area contributed by atoms with Crippen molar-refractivity contribution < 1.29 is 9.90 Å². The van der Waals surface area contributed by atoms with Crippen molar-refractivity contribution in [2.75, 3.05) is 0 Å². The van der Waals surface area contributed by atoms with Crippen molar-refractivity contribution in [2.24, 2.45) is 0 Å². The highest BCUT2D eigenvalue weighted by Gasteiger charge is 1.22. The van der Waals surface area contributed by atoms with E-state index in [-0.39, 0.29) is 23.8 Å². The van der Waals surface area contributed by atoms with E-state index in [1.807, 2.05) is 0 Å². The average Bonchev–Trinajstić information content (AvgIpc) is 0.918. The van der Waals surface area contributed by atoms with Crippen LogP contribution in [0.4, 0.5) is 0 Å². The van der Waals surface area contributed by atoms with Crippen LogP contribution in [0.3, 0.4) is 0 Å². The van der Waals surface area contributed by atoms with Crippen LogP contribution < -0.4 is 0 Å². The Morgan fingerprint density at radius 1 is 1.75 bits per heavy atom. The van der Waals surface area contributed by atoms with Gasteiger partial charge in [0.1, 0.15) is 0 Å². The topological polar surface area (TPSA) is 37.3 Å². The first kappa shape index (κ1) is 9.00. The van der Waals surface area contributed by atoms with Crippen LogP contribution in [0.1, 0.15) is 0 Å². The minimum absolute atomic E-state index is 0. The van der Waals surface area contributed by atoms with E-state index in [0.717, 1.165) is 0 Å². The molecule has 0 saturated heterocycles. The summed E-state index contributed by atoms with van der Waals surface area (Å²) in [6, 6.07) is 0. The predicted octanol–water partition coefficient (Wildman–Crippen LogP) is -1.48. The molecule has 0 aromatic carbocycles. The van der Waals surface area contributed by atoms with Crippen LogP contribution in [-0.2, 0) is 4.79 Å². The fourth-order valence-corrected chi connectivity index (χ4v) is 0. The Balaban J connectivity index is 0. The highest BCUT2D eigenvalue weighted by molar-refractivity contribution is 5.75. The SMILES string of the molecule is O=CO.[AlH3]. The summed E-state index contributed by atoms with van der Waals surface area (Å²) in [6.45, 7) is -0.250. The van der Waals surface area contributed by atoms with E-state index < -0.39 is 0 Å². The molecule has 0 aromatic heterocycles. The molecule has 0 aliphatic rings. The Kier molecular flexibility index (Phi) is 27.0. The Morgan fingerprint density at radius 3 is 1.75 bits per heavy atom. The van der Waals surface area contributed by atoms with Gasteiger partial charge < -0.3 is 5.11 Å². The highest BCUT2D eigenvalue weighted by Crippen LogP contribution is 0.966. The largest absolute Gasteiger partial charge is 0.483 e. The molecule has 0 amide bonds. The van der Waals surface area contributed by atoms with E-state index >= 15 is 0 Å². The van der Waals surface area contributed by atoms with Crippen LogP contribution in [0.25, 0.3) is 0 Å². The molecule has 0 spiro atoms. The first-order valence-corrected chi connectivity index (χ1v) is 0.494. The molecule has 0 radical (unpaired) electrons. The lowest BCUT2D eigenvalue weighted by Crippen LogP contribution is -1.49. The van der Waals surface area contributed by atoms with Gasteiger partial charge in [-0.2, -0.15) is 0 Å². The molecule has 0 unspecified atom stereocenters. The fourth-order valence-electron chi connectivity index (χ4n) is 0. The van der Waals surface area contributed by atoms with Crippen molar-refractivity contribution in [1.82, 2.24) is 0 Å². The summed E-state index contributed by atoms with van der Waals surface area (Å²) in [5, 5.41) is 6.89. The molecule has 0 heterocycles. The first-order valence-electron chi connectivity index (χ1n) is 0.494. The number of carboxylic acid groups (broad SMARTS) is 1. The maximum Gasteiger partial charge on any atom is 0.290 e. The van der Waals surface area contributed by atoms with Crippen molar-refractivity contribution in [2.45, 2.75) is 0 Å². The second kappa shape index (κ2) is 12.0. The summed E-state index contributed by atoms with van der Waals surface area (Å²) in [5.41, 5.74) is 0. The van der Waals surface area contributed by atoms with Gasteiger partial charge in [0.15, 0.2) is 17.4 Å². The lowest BCUT2D eigenvalue weighted by Gasteiger charge is -1.34. The Bertz CT molecular complexity index is 13.5. The molecule has 1 N–H and O–H groups in total. The lowest BCUT2D eigenvalue weighted by molar-refractivity contribution is -0.122. The molecular formula is CH5AlO2. The van der Waals surface area contributed by atoms with Crippen LogP contribution in [-0.4, -0.2) is 28.9 Å². The van der Waals surface area contributed by atoms with Gasteiger partial charge >= 0.3 is 0 Å². The molecule has 0 atom stereocenters. The van der Waals surface area contributed by atoms with E-state index in [4.69, 9.17) is 9.90 Å². The monoisotopic (exact) mass is 76.0 g/mol. The van der Waals surface area contributed by atoms with Gasteiger partial charge in [0.25, 0.3) is 6.47 Å². The van der Waals surface area contributed by atoms with Crippen molar-refractivity contribution in [3.05, 3.63) is 0 Å². The third-order valence-corrected chi connectivity index (χ3v) is 0. The lowest BCUT2D eigenvalue weighted by atomic mass is 11.7. The summed E-state index contributed by atoms with van der Waals surface area (Å²) in [5.74, 6) is 0. The second-order valence-electron chi connectivity index (χ2n) is 0.105. The van der Waals surface area contributed by atoms with E-state index in [2.05, 4.69) is 0 Å². The zero-order chi connectivity index (χ0) is 2.71. The maximum atomic E-state index is 8.36. The van der Waals surface area contributed by atoms with Crippen LogP contribution in [0, 0.1) is 0 Å². The van der Waals surface area contributed by atoms with Crippen LogP contribution in [0.5, 0.6) is 0 Å². The molecule has 0 aliphatic heterocycles. The molecule has 2 nitrogen and oxygen atoms in total. The maximum absolute atomic E-state index is 8.36. The standard InChI is InChI=1S/CH2O2.Al.3H/c2-1-3;;;;/h1H,(H,2,3);;;;. The quantitative estimate of drug-likeness (QED) is 0.282. The Morgan fingerprint density at radius 2 is 1.75 bits per heavy atom. The summed E-state index contributed by atoms with van der Waals surface area (Å²) in [4.78, 5) is 8.36. The van der Waals surface area contributed by atoms with Gasteiger partial charge in [-0.15, -0.1) is 0 Å². The predicted molar refractivity (Wildman–Crippen MR) is 18.6 cm³/mol. The van der Waals surface area contributed by atoms with Crippen LogP contribution >= 0.6 is 0 Å². The Labute approximate surface area is 34.6 Å². The zero-order valence-electron chi connectivity index (χ0n) is 1.43. The third kappa shape index (κ3) is 331000. The smallest absolute Gasteiger partial charge is 0.290 e. The number of hydrogen-bond donors (Lipinski definition) is 1. The van der Waals surface area contributed by atoms with Crippen molar-refractivity contribution in [3.8, 4) is 0 Å². The Hall–Kier alpha value is 0.00247. The molecule has 4 heavy (non-hydrogen) atoms. The summed E-state index contributed by atoms with van der Waals surface area (Å²) in [6.07, 6.45) is 0. The normalized spacial score (nSPS) is 3.00. The molecule has 3 heteroatoms. The van der Waals surface area contributed by atoms with E-state index in [1.54, 1.807) is 0 Å². The van der Waals surface area contributed by atoms with E-state index in [1.165, 1.54) is 0 Å². The molecule has 0 saturated carbocycles. The molecular weight excluding hydrogens is 71.0 g/mol. The number of carbonyl (C=O) groups is 1. The van der Waals surface area contributed by atoms with E-state index in [0.29, 0.717) is 0 Å². The average molecular weight is 76.0 g/mol. The third-order valence-electron chi connectivity index (χ3n) is 0. The summed E-state index contributed by atoms with van der Waals surface area (Å²) >= 11 is 0. The van der Waals surface area contributed by atoms with Gasteiger partial charge in [-0.25, -0.2) is 0 Å². The first-order chi connectivity index (χ1) is 1.41. The van der Waals surface area contributed by atoms with Gasteiger partial charge in [-0.1, -0.05) is 0 Å². The summed E-state index contributed by atoms with van der Waals surface area (Å²) in [7, 11) is 0. The van der Waals surface area contributed by atoms with Crippen LogP contribution in [0.2, 0.25) is 0 Å². The van der Waals surface area contributed by atoms with Gasteiger partial charge in [0.05, 0.1) is 0 Å². The van der Waals surface area contributed by atoms with Gasteiger partial charge in [-0.05, 0) is 0 Å². The number of rotatable bonds is 0. The molecule has 0 rings (SSSR count). The molecule has 0 fully saturated rings. The number of hydrogen-bond acceptors (Lipinski definition) is 1. The van der Waals surface area contributed by atoms with Gasteiger partial charge in [-0.3, -0.25) is 4.79 Å². The second-order valence-corrected chi connectivity index (χ2v) is 0.105. The minimum atomic E-state index is -0.250. The highest BCUT2D eigenvalue weighted by atomic mass is 27.0. The molecule has 0 aliphatic carbocycles. The van der Waals surface area contributed by atoms with Crippen LogP contribution in [0.15, 0.2) is 0 Å². The van der Waals surface area contributed by atoms with E-state index in [9.17, 15) is 0 Å². The fraction of sp³-hybridized carbons (Fsp3) is 0. The van der Waals surface area contributed by atoms with Crippen molar-refractivity contribution in [1.29, 1.82) is 0 Å².